The minimum Gasteiger partial charge on any atom is -0.454 e. The number of hydrogen-bond donors (Lipinski definition) is 2. The summed E-state index contributed by atoms with van der Waals surface area (Å²) in [5.74, 6) is 0.666. The molecule has 2 N–H and O–H groups in total. The summed E-state index contributed by atoms with van der Waals surface area (Å²) in [6.45, 7) is 2.82. The smallest absolute Gasteiger partial charge is 0.287 e. The Kier molecular flexibility index (Phi) is 5.55. The van der Waals surface area contributed by atoms with Gasteiger partial charge in [0.25, 0.3) is 11.5 Å². The number of carbonyl (C=O) groups is 1. The van der Waals surface area contributed by atoms with Crippen LogP contribution in [0.25, 0.3) is 0 Å². The lowest BCUT2D eigenvalue weighted by molar-refractivity contribution is 0.0915. The molecule has 1 unspecified atom stereocenters. The lowest BCUT2D eigenvalue weighted by atomic mass is 10.1. The predicted octanol–water partition coefficient (Wildman–Crippen LogP) is 1.24. The fourth-order valence-corrected chi connectivity index (χ4v) is 2.02. The molecule has 2 aromatic heterocycles. The molecule has 2 heterocycles. The molecule has 0 aliphatic heterocycles. The Hall–Kier alpha value is -2.34. The first-order valence-corrected chi connectivity index (χ1v) is 7.23. The van der Waals surface area contributed by atoms with E-state index < -0.39 is 0 Å². The topological polar surface area (TPSA) is 84.5 Å². The van der Waals surface area contributed by atoms with Gasteiger partial charge in [0.2, 0.25) is 0 Å². The number of furan rings is 1. The number of aliphatic hydroxyl groups excluding tert-OH is 1. The van der Waals surface area contributed by atoms with E-state index in [9.17, 15) is 9.59 Å². The number of amides is 1. The van der Waals surface area contributed by atoms with Crippen LogP contribution < -0.4 is 10.9 Å². The standard InChI is InChI=1S/C16H20N2O4/c1-12(7-9-19)10-17-16(21)14-6-5-13(22-14)11-18-8-3-2-4-15(18)20/h2-6,8,12,19H,7,9-11H2,1H3,(H,17,21). The first kappa shape index (κ1) is 16.0. The maximum absolute atomic E-state index is 12.0. The van der Waals surface area contributed by atoms with Gasteiger partial charge < -0.3 is 19.4 Å². The summed E-state index contributed by atoms with van der Waals surface area (Å²) in [7, 11) is 0. The second-order valence-electron chi connectivity index (χ2n) is 5.26. The van der Waals surface area contributed by atoms with Crippen LogP contribution >= 0.6 is 0 Å². The minimum atomic E-state index is -0.295. The van der Waals surface area contributed by atoms with Crippen molar-refractivity contribution in [2.75, 3.05) is 13.2 Å². The molecule has 1 atom stereocenters. The Morgan fingerprint density at radius 2 is 2.18 bits per heavy atom. The number of pyridine rings is 1. The number of nitrogens with zero attached hydrogens (tertiary/aromatic N) is 1. The molecule has 22 heavy (non-hydrogen) atoms. The van der Waals surface area contributed by atoms with Crippen LogP contribution in [-0.2, 0) is 6.54 Å². The molecule has 6 nitrogen and oxygen atoms in total. The van der Waals surface area contributed by atoms with E-state index in [0.29, 0.717) is 18.7 Å². The molecule has 1 amide bonds. The molecule has 0 fully saturated rings. The molecule has 0 aromatic carbocycles. The van der Waals surface area contributed by atoms with Crippen molar-refractivity contribution in [1.82, 2.24) is 9.88 Å². The maximum atomic E-state index is 12.0. The van der Waals surface area contributed by atoms with E-state index in [0.717, 1.165) is 0 Å². The Morgan fingerprint density at radius 1 is 1.36 bits per heavy atom. The van der Waals surface area contributed by atoms with Crippen molar-refractivity contribution >= 4 is 5.91 Å². The second kappa shape index (κ2) is 7.61. The highest BCUT2D eigenvalue weighted by Crippen LogP contribution is 2.09. The summed E-state index contributed by atoms with van der Waals surface area (Å²) < 4.78 is 6.98. The number of rotatable bonds is 7. The van der Waals surface area contributed by atoms with Gasteiger partial charge in [-0.05, 0) is 30.5 Å². The Morgan fingerprint density at radius 3 is 2.91 bits per heavy atom. The van der Waals surface area contributed by atoms with Crippen molar-refractivity contribution in [1.29, 1.82) is 0 Å². The van der Waals surface area contributed by atoms with Gasteiger partial charge in [-0.2, -0.15) is 0 Å². The van der Waals surface area contributed by atoms with Crippen LogP contribution in [0.3, 0.4) is 0 Å². The molecule has 0 saturated heterocycles. The molecular formula is C16H20N2O4. The number of hydrogen-bond acceptors (Lipinski definition) is 4. The first-order valence-electron chi connectivity index (χ1n) is 7.23. The van der Waals surface area contributed by atoms with E-state index in [2.05, 4.69) is 5.32 Å². The zero-order chi connectivity index (χ0) is 15.9. The fourth-order valence-electron chi connectivity index (χ4n) is 2.02. The van der Waals surface area contributed by atoms with E-state index in [-0.39, 0.29) is 36.3 Å². The third-order valence-electron chi connectivity index (χ3n) is 3.34. The summed E-state index contributed by atoms with van der Waals surface area (Å²) in [5, 5.41) is 11.6. The SMILES string of the molecule is CC(CCO)CNC(=O)c1ccc(Cn2ccccc2=O)o1. The molecule has 0 spiro atoms. The molecule has 2 rings (SSSR count). The molecular weight excluding hydrogens is 284 g/mol. The molecule has 2 aromatic rings. The van der Waals surface area contributed by atoms with Gasteiger partial charge in [-0.15, -0.1) is 0 Å². The maximum Gasteiger partial charge on any atom is 0.287 e. The van der Waals surface area contributed by atoms with Crippen molar-refractivity contribution in [3.63, 3.8) is 0 Å². The van der Waals surface area contributed by atoms with Gasteiger partial charge in [0.05, 0.1) is 6.54 Å². The third-order valence-corrected chi connectivity index (χ3v) is 3.34. The van der Waals surface area contributed by atoms with Gasteiger partial charge >= 0.3 is 0 Å². The van der Waals surface area contributed by atoms with Gasteiger partial charge in [-0.3, -0.25) is 9.59 Å². The zero-order valence-electron chi connectivity index (χ0n) is 12.5. The fraction of sp³-hybridized carbons (Fsp3) is 0.375. The normalized spacial score (nSPS) is 12.1. The Bertz CT molecular complexity index is 675. The lowest BCUT2D eigenvalue weighted by Crippen LogP contribution is -2.28. The minimum absolute atomic E-state index is 0.105. The molecule has 0 radical (unpaired) electrons. The lowest BCUT2D eigenvalue weighted by Gasteiger charge is -2.09. The van der Waals surface area contributed by atoms with Gasteiger partial charge in [0, 0.05) is 25.4 Å². The molecule has 0 aliphatic carbocycles. The summed E-state index contributed by atoms with van der Waals surface area (Å²) in [4.78, 5) is 23.6. The second-order valence-corrected chi connectivity index (χ2v) is 5.26. The van der Waals surface area contributed by atoms with Gasteiger partial charge in [-0.25, -0.2) is 0 Å². The largest absolute Gasteiger partial charge is 0.454 e. The number of nitrogens with one attached hydrogen (secondary N) is 1. The van der Waals surface area contributed by atoms with Gasteiger partial charge in [0.15, 0.2) is 5.76 Å². The summed E-state index contributed by atoms with van der Waals surface area (Å²) in [5.41, 5.74) is -0.122. The van der Waals surface area contributed by atoms with E-state index in [4.69, 9.17) is 9.52 Å². The Balaban J connectivity index is 1.95. The first-order chi connectivity index (χ1) is 10.6. The zero-order valence-corrected chi connectivity index (χ0v) is 12.5. The van der Waals surface area contributed by atoms with Crippen LogP contribution in [0.2, 0.25) is 0 Å². The highest BCUT2D eigenvalue weighted by atomic mass is 16.4. The van der Waals surface area contributed by atoms with Crippen LogP contribution in [0.5, 0.6) is 0 Å². The molecule has 0 bridgehead atoms. The van der Waals surface area contributed by atoms with Crippen molar-refractivity contribution in [2.45, 2.75) is 19.9 Å². The van der Waals surface area contributed by atoms with E-state index in [1.165, 1.54) is 10.6 Å². The average Bonchev–Trinajstić information content (AvgIpc) is 2.96. The van der Waals surface area contributed by atoms with Crippen LogP contribution in [0, 0.1) is 5.92 Å². The number of aliphatic hydroxyl groups is 1. The molecule has 6 heteroatoms. The number of carbonyl (C=O) groups excluding carboxylic acids is 1. The van der Waals surface area contributed by atoms with Crippen LogP contribution in [0.1, 0.15) is 29.7 Å². The summed E-state index contributed by atoms with van der Waals surface area (Å²) in [6, 6.07) is 8.19. The Labute approximate surface area is 128 Å². The molecule has 118 valence electrons. The summed E-state index contributed by atoms with van der Waals surface area (Å²) in [6.07, 6.45) is 2.31. The quantitative estimate of drug-likeness (QED) is 0.806. The van der Waals surface area contributed by atoms with E-state index in [1.807, 2.05) is 6.92 Å². The van der Waals surface area contributed by atoms with Crippen LogP contribution in [-0.4, -0.2) is 28.7 Å². The highest BCUT2D eigenvalue weighted by molar-refractivity contribution is 5.91. The highest BCUT2D eigenvalue weighted by Gasteiger charge is 2.12. The van der Waals surface area contributed by atoms with Gasteiger partial charge in [0.1, 0.15) is 5.76 Å². The molecule has 0 aliphatic rings. The predicted molar refractivity (Wildman–Crippen MR) is 81.7 cm³/mol. The van der Waals surface area contributed by atoms with Crippen molar-refractivity contribution < 1.29 is 14.3 Å². The molecule has 0 saturated carbocycles. The van der Waals surface area contributed by atoms with E-state index in [1.54, 1.807) is 30.5 Å². The van der Waals surface area contributed by atoms with Gasteiger partial charge in [-0.1, -0.05) is 13.0 Å². The third kappa shape index (κ3) is 4.33. The van der Waals surface area contributed by atoms with Crippen molar-refractivity contribution in [2.24, 2.45) is 5.92 Å². The van der Waals surface area contributed by atoms with Crippen molar-refractivity contribution in [3.05, 3.63) is 58.4 Å². The van der Waals surface area contributed by atoms with E-state index >= 15 is 0 Å². The van der Waals surface area contributed by atoms with Crippen molar-refractivity contribution in [3.8, 4) is 0 Å². The number of aromatic nitrogens is 1. The van der Waals surface area contributed by atoms with Crippen LogP contribution in [0.15, 0.2) is 45.7 Å². The summed E-state index contributed by atoms with van der Waals surface area (Å²) >= 11 is 0. The average molecular weight is 304 g/mol. The van der Waals surface area contributed by atoms with Crippen LogP contribution in [0.4, 0.5) is 0 Å². The monoisotopic (exact) mass is 304 g/mol.